The van der Waals surface area contributed by atoms with Crippen LogP contribution < -0.4 is 0 Å². The third-order valence-electron chi connectivity index (χ3n) is 5.49. The number of aromatic nitrogens is 3. The van der Waals surface area contributed by atoms with Gasteiger partial charge in [0.05, 0.1) is 23.1 Å². The molecule has 4 aromatic rings. The number of hydrogen-bond acceptors (Lipinski definition) is 5. The average Bonchev–Trinajstić information content (AvgIpc) is 3.18. The Bertz CT molecular complexity index is 1280. The van der Waals surface area contributed by atoms with Crippen LogP contribution in [0.1, 0.15) is 43.4 Å². The first kappa shape index (κ1) is 18.4. The molecule has 1 N–H and O–H groups in total. The Morgan fingerprint density at radius 1 is 0.900 bits per heavy atom. The van der Waals surface area contributed by atoms with Crippen molar-refractivity contribution in [2.75, 3.05) is 13.6 Å². The summed E-state index contributed by atoms with van der Waals surface area (Å²) in [6.45, 7) is 1.44. The molecule has 0 saturated carbocycles. The van der Waals surface area contributed by atoms with E-state index in [1.54, 1.807) is 42.6 Å². The van der Waals surface area contributed by atoms with Crippen molar-refractivity contribution in [3.8, 4) is 0 Å². The Kier molecular flexibility index (Phi) is 4.48. The maximum absolute atomic E-state index is 13.1. The SMILES string of the molecule is CN(CCc1ccccn1)Cc1nc2ccc3c(c2[nH]1)C(=O)c1ccccc1C3=O. The van der Waals surface area contributed by atoms with Crippen LogP contribution in [-0.4, -0.2) is 45.0 Å². The predicted molar refractivity (Wildman–Crippen MR) is 114 cm³/mol. The van der Waals surface area contributed by atoms with Crippen LogP contribution in [0.2, 0.25) is 0 Å². The molecule has 1 aliphatic carbocycles. The molecular formula is C24H20N4O2. The Hall–Kier alpha value is -3.64. The number of nitrogens with zero attached hydrogens (tertiary/aromatic N) is 3. The summed E-state index contributed by atoms with van der Waals surface area (Å²) in [5.74, 6) is 0.510. The first-order valence-corrected chi connectivity index (χ1v) is 9.90. The molecule has 2 aromatic carbocycles. The summed E-state index contributed by atoms with van der Waals surface area (Å²) >= 11 is 0. The second kappa shape index (κ2) is 7.31. The summed E-state index contributed by atoms with van der Waals surface area (Å²) in [7, 11) is 2.02. The lowest BCUT2D eigenvalue weighted by Crippen LogP contribution is -2.22. The summed E-state index contributed by atoms with van der Waals surface area (Å²) in [4.78, 5) is 40.5. The molecule has 148 valence electrons. The second-order valence-corrected chi connectivity index (χ2v) is 7.58. The van der Waals surface area contributed by atoms with Crippen molar-refractivity contribution in [2.24, 2.45) is 0 Å². The molecule has 0 atom stereocenters. The lowest BCUT2D eigenvalue weighted by atomic mass is 9.83. The highest BCUT2D eigenvalue weighted by molar-refractivity contribution is 6.31. The Morgan fingerprint density at radius 2 is 1.67 bits per heavy atom. The molecule has 6 heteroatoms. The van der Waals surface area contributed by atoms with Crippen molar-refractivity contribution in [3.63, 3.8) is 0 Å². The minimum Gasteiger partial charge on any atom is -0.340 e. The smallest absolute Gasteiger partial charge is 0.196 e. The maximum atomic E-state index is 13.1. The molecule has 5 rings (SSSR count). The topological polar surface area (TPSA) is 79.0 Å². The summed E-state index contributed by atoms with van der Waals surface area (Å²) in [6, 6.07) is 16.4. The van der Waals surface area contributed by atoms with Crippen molar-refractivity contribution < 1.29 is 9.59 Å². The number of hydrogen-bond donors (Lipinski definition) is 1. The zero-order valence-electron chi connectivity index (χ0n) is 16.6. The van der Waals surface area contributed by atoms with Gasteiger partial charge in [0.1, 0.15) is 5.82 Å². The van der Waals surface area contributed by atoms with E-state index in [1.165, 1.54) is 0 Å². The van der Waals surface area contributed by atoms with Crippen LogP contribution in [0.5, 0.6) is 0 Å². The maximum Gasteiger partial charge on any atom is 0.196 e. The van der Waals surface area contributed by atoms with Crippen LogP contribution in [0.3, 0.4) is 0 Å². The molecule has 0 aliphatic heterocycles. The number of imidazole rings is 1. The van der Waals surface area contributed by atoms with E-state index in [2.05, 4.69) is 19.9 Å². The third kappa shape index (κ3) is 3.11. The fourth-order valence-corrected chi connectivity index (χ4v) is 3.97. The summed E-state index contributed by atoms with van der Waals surface area (Å²) in [5, 5.41) is 0. The molecule has 0 amide bonds. The monoisotopic (exact) mass is 396 g/mol. The van der Waals surface area contributed by atoms with Gasteiger partial charge in [-0.2, -0.15) is 0 Å². The van der Waals surface area contributed by atoms with Gasteiger partial charge < -0.3 is 4.98 Å². The number of likely N-dealkylation sites (N-methyl/N-ethyl adjacent to an activating group) is 1. The molecule has 1 aliphatic rings. The van der Waals surface area contributed by atoms with Crippen LogP contribution in [0.15, 0.2) is 60.8 Å². The Balaban J connectivity index is 1.43. The van der Waals surface area contributed by atoms with Gasteiger partial charge in [0.25, 0.3) is 0 Å². The first-order valence-electron chi connectivity index (χ1n) is 9.90. The summed E-state index contributed by atoms with van der Waals surface area (Å²) in [6.07, 6.45) is 2.64. The molecule has 0 spiro atoms. The van der Waals surface area contributed by atoms with Gasteiger partial charge in [0.15, 0.2) is 11.6 Å². The van der Waals surface area contributed by atoms with Crippen LogP contribution in [0.4, 0.5) is 0 Å². The lowest BCUT2D eigenvalue weighted by molar-refractivity contribution is 0.0980. The van der Waals surface area contributed by atoms with Crippen LogP contribution in [0, 0.1) is 0 Å². The molecule has 0 fully saturated rings. The molecule has 0 saturated heterocycles. The largest absolute Gasteiger partial charge is 0.340 e. The van der Waals surface area contributed by atoms with Crippen molar-refractivity contribution in [1.82, 2.24) is 19.9 Å². The van der Waals surface area contributed by atoms with Crippen LogP contribution >= 0.6 is 0 Å². The number of H-pyrrole nitrogens is 1. The van der Waals surface area contributed by atoms with E-state index in [-0.39, 0.29) is 11.6 Å². The molecule has 30 heavy (non-hydrogen) atoms. The Morgan fingerprint density at radius 3 is 2.43 bits per heavy atom. The highest BCUT2D eigenvalue weighted by Gasteiger charge is 2.31. The molecule has 2 heterocycles. The molecule has 0 bridgehead atoms. The second-order valence-electron chi connectivity index (χ2n) is 7.58. The number of rotatable bonds is 5. The van der Waals surface area contributed by atoms with E-state index in [0.29, 0.717) is 39.8 Å². The standard InChI is InChI=1S/C24H20N4O2/c1-28(13-11-15-6-4-5-12-25-15)14-20-26-19-10-9-18-21(22(19)27-20)24(30)17-8-3-2-7-16(17)23(18)29/h2-10,12H,11,13-14H2,1H3,(H,26,27). The molecular weight excluding hydrogens is 376 g/mol. The zero-order valence-corrected chi connectivity index (χ0v) is 16.6. The van der Waals surface area contributed by atoms with Gasteiger partial charge in [0, 0.05) is 41.5 Å². The van der Waals surface area contributed by atoms with Crippen molar-refractivity contribution >= 4 is 22.6 Å². The van der Waals surface area contributed by atoms with E-state index >= 15 is 0 Å². The number of aromatic amines is 1. The summed E-state index contributed by atoms with van der Waals surface area (Å²) in [5.41, 5.74) is 4.15. The third-order valence-corrected chi connectivity index (χ3v) is 5.49. The number of fused-ring (bicyclic) bond motifs is 4. The van der Waals surface area contributed by atoms with Gasteiger partial charge in [-0.25, -0.2) is 4.98 Å². The van der Waals surface area contributed by atoms with E-state index in [9.17, 15) is 9.59 Å². The van der Waals surface area contributed by atoms with E-state index in [0.717, 1.165) is 24.5 Å². The molecule has 2 aromatic heterocycles. The van der Waals surface area contributed by atoms with Gasteiger partial charge in [0.2, 0.25) is 0 Å². The zero-order chi connectivity index (χ0) is 20.7. The quantitative estimate of drug-likeness (QED) is 0.493. The van der Waals surface area contributed by atoms with Crippen molar-refractivity contribution in [1.29, 1.82) is 0 Å². The number of benzene rings is 2. The van der Waals surface area contributed by atoms with Crippen LogP contribution in [0.25, 0.3) is 11.0 Å². The number of ketones is 2. The number of pyridine rings is 1. The molecule has 6 nitrogen and oxygen atoms in total. The lowest BCUT2D eigenvalue weighted by Gasteiger charge is -2.17. The molecule has 0 unspecified atom stereocenters. The number of carbonyl (C=O) groups excluding carboxylic acids is 2. The highest BCUT2D eigenvalue weighted by atomic mass is 16.1. The van der Waals surface area contributed by atoms with Gasteiger partial charge in [-0.3, -0.25) is 19.5 Å². The number of nitrogens with one attached hydrogen (secondary N) is 1. The number of carbonyl (C=O) groups is 2. The van der Waals surface area contributed by atoms with Gasteiger partial charge in [-0.05, 0) is 31.3 Å². The van der Waals surface area contributed by atoms with Gasteiger partial charge in [-0.1, -0.05) is 30.3 Å². The first-order chi connectivity index (χ1) is 14.6. The van der Waals surface area contributed by atoms with Crippen molar-refractivity contribution in [3.05, 3.63) is 94.6 Å². The average molecular weight is 396 g/mol. The fraction of sp³-hybridized carbons (Fsp3) is 0.167. The summed E-state index contributed by atoms with van der Waals surface area (Å²) < 4.78 is 0. The fourth-order valence-electron chi connectivity index (χ4n) is 3.97. The van der Waals surface area contributed by atoms with Crippen molar-refractivity contribution in [2.45, 2.75) is 13.0 Å². The minimum absolute atomic E-state index is 0.120. The van der Waals surface area contributed by atoms with E-state index in [4.69, 9.17) is 0 Å². The predicted octanol–water partition coefficient (Wildman–Crippen LogP) is 3.41. The van der Waals surface area contributed by atoms with Crippen LogP contribution in [-0.2, 0) is 13.0 Å². The van der Waals surface area contributed by atoms with Gasteiger partial charge in [-0.15, -0.1) is 0 Å². The Labute approximate surface area is 173 Å². The molecule has 0 radical (unpaired) electrons. The normalized spacial score (nSPS) is 13.0. The highest BCUT2D eigenvalue weighted by Crippen LogP contribution is 2.31. The van der Waals surface area contributed by atoms with E-state index in [1.807, 2.05) is 25.2 Å². The van der Waals surface area contributed by atoms with E-state index < -0.39 is 0 Å². The minimum atomic E-state index is -0.135. The van der Waals surface area contributed by atoms with Gasteiger partial charge >= 0.3 is 0 Å².